The Bertz CT molecular complexity index is 1320. The Balaban J connectivity index is 1.84. The number of ether oxygens (including phenoxy) is 1. The van der Waals surface area contributed by atoms with Crippen molar-refractivity contribution in [1.82, 2.24) is 0 Å². The molecule has 0 saturated carbocycles. The van der Waals surface area contributed by atoms with E-state index in [1.54, 1.807) is 17.0 Å². The maximum absolute atomic E-state index is 13.8. The summed E-state index contributed by atoms with van der Waals surface area (Å²) in [6.45, 7) is 6.45. The van der Waals surface area contributed by atoms with Crippen molar-refractivity contribution in [2.45, 2.75) is 33.6 Å². The third-order valence-corrected chi connectivity index (χ3v) is 7.23. The zero-order valence-electron chi connectivity index (χ0n) is 19.9. The second-order valence-electron chi connectivity index (χ2n) is 7.89. The number of amidine groups is 1. The molecule has 3 aromatic carbocycles. The highest BCUT2D eigenvalue weighted by Crippen LogP contribution is 2.41. The molecule has 0 bridgehead atoms. The van der Waals surface area contributed by atoms with Gasteiger partial charge in [0.05, 0.1) is 27.4 Å². The van der Waals surface area contributed by atoms with E-state index in [0.717, 1.165) is 40.9 Å². The smallest absolute Gasteiger partial charge is 0.271 e. The lowest BCUT2D eigenvalue weighted by molar-refractivity contribution is -0.113. The van der Waals surface area contributed by atoms with Crippen LogP contribution in [0.4, 0.5) is 11.4 Å². The first-order chi connectivity index (χ1) is 17.0. The van der Waals surface area contributed by atoms with Gasteiger partial charge in [0, 0.05) is 0 Å². The molecule has 0 aliphatic carbocycles. The topological polar surface area (TPSA) is 62.1 Å². The summed E-state index contributed by atoms with van der Waals surface area (Å²) in [6.07, 6.45) is 3.46. The van der Waals surface area contributed by atoms with E-state index >= 15 is 0 Å². The van der Waals surface area contributed by atoms with Crippen molar-refractivity contribution in [3.05, 3.63) is 86.7 Å². The number of amides is 1. The Morgan fingerprint density at radius 3 is 2.43 bits per heavy atom. The number of hydrogen-bond donors (Lipinski definition) is 1. The maximum Gasteiger partial charge on any atom is 0.271 e. The van der Waals surface area contributed by atoms with E-state index in [-0.39, 0.29) is 11.7 Å². The number of aromatic hydroxyl groups is 1. The molecule has 1 aliphatic rings. The van der Waals surface area contributed by atoms with Gasteiger partial charge in [-0.15, -0.1) is 0 Å². The van der Waals surface area contributed by atoms with Gasteiger partial charge in [0.15, 0.2) is 16.7 Å². The Labute approximate surface area is 218 Å². The lowest BCUT2D eigenvalue weighted by atomic mass is 10.1. The molecule has 5 nitrogen and oxygen atoms in total. The van der Waals surface area contributed by atoms with Gasteiger partial charge in [-0.05, 0) is 94.5 Å². The minimum atomic E-state index is -0.134. The molecule has 0 aromatic heterocycles. The SMILES string of the molecule is CCOc1cc(/C=C2\SC(=Nc3ccccc3CC)N(c3ccccc3CC)C2=O)cc(Br)c1O. The minimum absolute atomic E-state index is 0.0383. The minimum Gasteiger partial charge on any atom is -0.503 e. The molecular weight excluding hydrogens is 524 g/mol. The summed E-state index contributed by atoms with van der Waals surface area (Å²) in [6, 6.07) is 19.4. The number of carbonyl (C=O) groups excluding carboxylic acids is 1. The summed E-state index contributed by atoms with van der Waals surface area (Å²) in [5, 5.41) is 10.9. The highest BCUT2D eigenvalue weighted by molar-refractivity contribution is 9.10. The average Bonchev–Trinajstić information content (AvgIpc) is 3.16. The number of thioether (sulfide) groups is 1. The number of aryl methyl sites for hydroxylation is 2. The number of carbonyl (C=O) groups is 1. The lowest BCUT2D eigenvalue weighted by Gasteiger charge is -2.19. The van der Waals surface area contributed by atoms with E-state index in [1.165, 1.54) is 11.8 Å². The Morgan fingerprint density at radius 1 is 1.03 bits per heavy atom. The molecule has 7 heteroatoms. The fraction of sp³-hybridized carbons (Fsp3) is 0.214. The van der Waals surface area contributed by atoms with E-state index in [0.29, 0.717) is 26.9 Å². The summed E-state index contributed by atoms with van der Waals surface area (Å²) >= 11 is 4.73. The molecule has 1 fully saturated rings. The predicted octanol–water partition coefficient (Wildman–Crippen LogP) is 7.49. The summed E-state index contributed by atoms with van der Waals surface area (Å²) in [5.41, 5.74) is 4.64. The van der Waals surface area contributed by atoms with Crippen LogP contribution in [-0.4, -0.2) is 22.8 Å². The van der Waals surface area contributed by atoms with Crippen molar-refractivity contribution in [2.24, 2.45) is 4.99 Å². The molecule has 35 heavy (non-hydrogen) atoms. The average molecular weight is 552 g/mol. The van der Waals surface area contributed by atoms with Crippen LogP contribution in [0.3, 0.4) is 0 Å². The molecule has 1 heterocycles. The van der Waals surface area contributed by atoms with Crippen molar-refractivity contribution >= 4 is 56.2 Å². The summed E-state index contributed by atoms with van der Waals surface area (Å²) < 4.78 is 6.07. The number of phenols is 1. The van der Waals surface area contributed by atoms with Crippen LogP contribution in [0.1, 0.15) is 37.5 Å². The van der Waals surface area contributed by atoms with Gasteiger partial charge in [0.1, 0.15) is 0 Å². The van der Waals surface area contributed by atoms with Crippen LogP contribution >= 0.6 is 27.7 Å². The quantitative estimate of drug-likeness (QED) is 0.309. The summed E-state index contributed by atoms with van der Waals surface area (Å²) in [5.74, 6) is 0.269. The molecule has 180 valence electrons. The standard InChI is InChI=1S/C28H27BrN2O3S/c1-4-19-11-7-9-13-22(19)30-28-31(23-14-10-8-12-20(23)5-2)27(33)25(35-28)17-18-15-21(29)26(32)24(16-18)34-6-3/h7-17,32H,4-6H2,1-3H3/b25-17-,30-28?. The van der Waals surface area contributed by atoms with E-state index in [2.05, 4.69) is 35.8 Å². The zero-order chi connectivity index (χ0) is 24.9. The van der Waals surface area contributed by atoms with Crippen molar-refractivity contribution in [1.29, 1.82) is 0 Å². The Kier molecular flexibility index (Phi) is 7.98. The van der Waals surface area contributed by atoms with Gasteiger partial charge in [0.25, 0.3) is 5.91 Å². The van der Waals surface area contributed by atoms with Crippen LogP contribution in [0.15, 0.2) is 75.0 Å². The van der Waals surface area contributed by atoms with Crippen LogP contribution in [-0.2, 0) is 17.6 Å². The van der Waals surface area contributed by atoms with Crippen LogP contribution in [0.2, 0.25) is 0 Å². The third kappa shape index (κ3) is 5.31. The largest absolute Gasteiger partial charge is 0.503 e. The number of benzene rings is 3. The monoisotopic (exact) mass is 550 g/mol. The van der Waals surface area contributed by atoms with Gasteiger partial charge in [-0.25, -0.2) is 4.99 Å². The van der Waals surface area contributed by atoms with Gasteiger partial charge in [-0.2, -0.15) is 0 Å². The first kappa shape index (κ1) is 25.1. The number of anilines is 1. The highest BCUT2D eigenvalue weighted by Gasteiger charge is 2.36. The van der Waals surface area contributed by atoms with Crippen molar-refractivity contribution in [3.8, 4) is 11.5 Å². The summed E-state index contributed by atoms with van der Waals surface area (Å²) in [4.78, 5) is 21.0. The van der Waals surface area contributed by atoms with Gasteiger partial charge in [-0.1, -0.05) is 50.2 Å². The molecule has 1 aliphatic heterocycles. The number of para-hydroxylation sites is 2. The first-order valence-electron chi connectivity index (χ1n) is 11.6. The number of aliphatic imine (C=N–C) groups is 1. The third-order valence-electron chi connectivity index (χ3n) is 5.66. The van der Waals surface area contributed by atoms with E-state index < -0.39 is 0 Å². The molecule has 3 aromatic rings. The first-order valence-corrected chi connectivity index (χ1v) is 13.2. The van der Waals surface area contributed by atoms with Crippen molar-refractivity contribution < 1.29 is 14.6 Å². The predicted molar refractivity (Wildman–Crippen MR) is 149 cm³/mol. The fourth-order valence-corrected chi connectivity index (χ4v) is 5.35. The van der Waals surface area contributed by atoms with Crippen LogP contribution in [0, 0.1) is 0 Å². The Hall–Kier alpha value is -3.03. The van der Waals surface area contributed by atoms with Crippen molar-refractivity contribution in [3.63, 3.8) is 0 Å². The molecule has 0 unspecified atom stereocenters. The highest BCUT2D eigenvalue weighted by atomic mass is 79.9. The number of phenolic OH excluding ortho intramolecular Hbond substituents is 1. The van der Waals surface area contributed by atoms with Crippen molar-refractivity contribution in [2.75, 3.05) is 11.5 Å². The van der Waals surface area contributed by atoms with Crippen LogP contribution in [0.5, 0.6) is 11.5 Å². The maximum atomic E-state index is 13.8. The lowest BCUT2D eigenvalue weighted by Crippen LogP contribution is -2.29. The number of halogens is 1. The van der Waals surface area contributed by atoms with E-state index in [4.69, 9.17) is 9.73 Å². The van der Waals surface area contributed by atoms with Gasteiger partial charge in [-0.3, -0.25) is 9.69 Å². The van der Waals surface area contributed by atoms with Gasteiger partial charge in [0.2, 0.25) is 0 Å². The van der Waals surface area contributed by atoms with Crippen LogP contribution in [0.25, 0.3) is 6.08 Å². The molecule has 0 atom stereocenters. The Morgan fingerprint density at radius 2 is 1.71 bits per heavy atom. The molecule has 4 rings (SSSR count). The molecule has 0 radical (unpaired) electrons. The molecular formula is C28H27BrN2O3S. The molecule has 1 saturated heterocycles. The summed E-state index contributed by atoms with van der Waals surface area (Å²) in [7, 11) is 0. The second kappa shape index (κ2) is 11.1. The number of nitrogens with zero attached hydrogens (tertiary/aromatic N) is 2. The number of rotatable bonds is 7. The van der Waals surface area contributed by atoms with Crippen LogP contribution < -0.4 is 9.64 Å². The molecule has 1 N–H and O–H groups in total. The number of hydrogen-bond acceptors (Lipinski definition) is 5. The van der Waals surface area contributed by atoms with Gasteiger partial charge < -0.3 is 9.84 Å². The normalized spacial score (nSPS) is 15.9. The zero-order valence-corrected chi connectivity index (χ0v) is 22.3. The molecule has 0 spiro atoms. The van der Waals surface area contributed by atoms with Gasteiger partial charge >= 0.3 is 0 Å². The second-order valence-corrected chi connectivity index (χ2v) is 9.76. The van der Waals surface area contributed by atoms with E-state index in [1.807, 2.05) is 55.5 Å². The molecule has 1 amide bonds. The fourth-order valence-electron chi connectivity index (χ4n) is 3.91. The van der Waals surface area contributed by atoms with E-state index in [9.17, 15) is 9.90 Å².